The predicted octanol–water partition coefficient (Wildman–Crippen LogP) is 0.0342. The van der Waals surface area contributed by atoms with E-state index in [9.17, 15) is 13.2 Å². The van der Waals surface area contributed by atoms with Gasteiger partial charge < -0.3 is 4.79 Å². The molecule has 0 aromatic rings. The van der Waals surface area contributed by atoms with Crippen LogP contribution in [0.1, 0.15) is 26.2 Å². The Morgan fingerprint density at radius 1 is 1.36 bits per heavy atom. The third-order valence-electron chi connectivity index (χ3n) is 1.21. The van der Waals surface area contributed by atoms with Crippen LogP contribution >= 0.6 is 0 Å². The molecule has 0 amide bonds. The highest BCUT2D eigenvalue weighted by Crippen LogP contribution is 1.97. The Labute approximate surface area is 66.8 Å². The van der Waals surface area contributed by atoms with E-state index in [0.29, 0.717) is 19.3 Å². The summed E-state index contributed by atoms with van der Waals surface area (Å²) in [4.78, 5) is 10.4. The highest BCUT2D eigenvalue weighted by Gasteiger charge is 2.01. The van der Waals surface area contributed by atoms with Crippen molar-refractivity contribution < 1.29 is 13.2 Å². The predicted molar refractivity (Wildman–Crippen MR) is 42.5 cm³/mol. The molecule has 0 aliphatic heterocycles. The van der Waals surface area contributed by atoms with Gasteiger partial charge in [-0.1, -0.05) is 0 Å². The number of hydrogen-bond acceptors (Lipinski definition) is 3. The highest BCUT2D eigenvalue weighted by molar-refractivity contribution is 7.89. The molecule has 0 unspecified atom stereocenters. The van der Waals surface area contributed by atoms with Crippen LogP contribution in [0.2, 0.25) is 0 Å². The standard InChI is InChI=1S/C6H13NO3S/c1-6(8)4-2-3-5-11(7,9)10/h2-5H2,1H3,(H2,7,9,10). The fraction of sp³-hybridized carbons (Fsp3) is 0.833. The molecule has 0 fully saturated rings. The zero-order valence-corrected chi connectivity index (χ0v) is 7.36. The minimum Gasteiger partial charge on any atom is -0.300 e. The van der Waals surface area contributed by atoms with Gasteiger partial charge in [0.25, 0.3) is 0 Å². The summed E-state index contributed by atoms with van der Waals surface area (Å²) in [6.07, 6.45) is 1.51. The summed E-state index contributed by atoms with van der Waals surface area (Å²) < 4.78 is 20.7. The molecular weight excluding hydrogens is 166 g/mol. The summed E-state index contributed by atoms with van der Waals surface area (Å²) >= 11 is 0. The molecule has 0 aliphatic rings. The van der Waals surface area contributed by atoms with Crippen LogP contribution in [0.25, 0.3) is 0 Å². The van der Waals surface area contributed by atoms with Crippen molar-refractivity contribution in [2.24, 2.45) is 5.14 Å². The van der Waals surface area contributed by atoms with Crippen molar-refractivity contribution in [2.75, 3.05) is 5.75 Å². The van der Waals surface area contributed by atoms with Crippen molar-refractivity contribution >= 4 is 15.8 Å². The molecule has 0 rings (SSSR count). The van der Waals surface area contributed by atoms with Crippen LogP contribution in [0.4, 0.5) is 0 Å². The van der Waals surface area contributed by atoms with Crippen LogP contribution in [-0.4, -0.2) is 20.0 Å². The topological polar surface area (TPSA) is 77.2 Å². The lowest BCUT2D eigenvalue weighted by Gasteiger charge is -1.95. The first-order chi connectivity index (χ1) is 4.92. The molecule has 66 valence electrons. The fourth-order valence-corrected chi connectivity index (χ4v) is 1.28. The van der Waals surface area contributed by atoms with Crippen molar-refractivity contribution in [2.45, 2.75) is 26.2 Å². The molecule has 0 aromatic carbocycles. The van der Waals surface area contributed by atoms with E-state index in [1.165, 1.54) is 6.92 Å². The Morgan fingerprint density at radius 2 is 1.91 bits per heavy atom. The summed E-state index contributed by atoms with van der Waals surface area (Å²) in [5, 5.41) is 4.74. The number of Topliss-reactive ketones (excluding diaryl/α,β-unsaturated/α-hetero) is 1. The maximum atomic E-state index is 10.4. The van der Waals surface area contributed by atoms with Gasteiger partial charge in [-0.05, 0) is 19.8 Å². The SMILES string of the molecule is CC(=O)CCCCS(N)(=O)=O. The lowest BCUT2D eigenvalue weighted by atomic mass is 10.2. The molecule has 5 heteroatoms. The number of unbranched alkanes of at least 4 members (excludes halogenated alkanes) is 1. The van der Waals surface area contributed by atoms with Crippen molar-refractivity contribution in [1.29, 1.82) is 0 Å². The van der Waals surface area contributed by atoms with Gasteiger partial charge in [0, 0.05) is 6.42 Å². The summed E-state index contributed by atoms with van der Waals surface area (Å²) in [7, 11) is -3.33. The van der Waals surface area contributed by atoms with E-state index < -0.39 is 10.0 Å². The molecule has 11 heavy (non-hydrogen) atoms. The Morgan fingerprint density at radius 3 is 2.27 bits per heavy atom. The average molecular weight is 179 g/mol. The van der Waals surface area contributed by atoms with E-state index in [2.05, 4.69) is 0 Å². The smallest absolute Gasteiger partial charge is 0.209 e. The monoisotopic (exact) mass is 179 g/mol. The largest absolute Gasteiger partial charge is 0.300 e. The van der Waals surface area contributed by atoms with E-state index >= 15 is 0 Å². The van der Waals surface area contributed by atoms with E-state index in [1.54, 1.807) is 0 Å². The van der Waals surface area contributed by atoms with Crippen LogP contribution in [-0.2, 0) is 14.8 Å². The zero-order chi connectivity index (χ0) is 8.91. The van der Waals surface area contributed by atoms with Gasteiger partial charge in [-0.2, -0.15) is 0 Å². The maximum Gasteiger partial charge on any atom is 0.209 e. The van der Waals surface area contributed by atoms with Crippen LogP contribution in [0.5, 0.6) is 0 Å². The number of ketones is 1. The molecule has 0 atom stereocenters. The lowest BCUT2D eigenvalue weighted by Crippen LogP contribution is -2.16. The number of sulfonamides is 1. The van der Waals surface area contributed by atoms with Crippen LogP contribution < -0.4 is 5.14 Å². The number of carbonyl (C=O) groups excluding carboxylic acids is 1. The van der Waals surface area contributed by atoms with Crippen molar-refractivity contribution in [3.63, 3.8) is 0 Å². The van der Waals surface area contributed by atoms with Gasteiger partial charge in [0.05, 0.1) is 5.75 Å². The molecule has 0 bridgehead atoms. The summed E-state index contributed by atoms with van der Waals surface area (Å²) in [5.74, 6) is 0.0553. The Bertz CT molecular complexity index is 220. The number of nitrogens with two attached hydrogens (primary N) is 1. The van der Waals surface area contributed by atoms with Crippen LogP contribution in [0, 0.1) is 0 Å². The first-order valence-electron chi connectivity index (χ1n) is 3.42. The number of rotatable bonds is 5. The third-order valence-corrected chi connectivity index (χ3v) is 2.07. The maximum absolute atomic E-state index is 10.4. The van der Waals surface area contributed by atoms with Gasteiger partial charge in [-0.3, -0.25) is 0 Å². The van der Waals surface area contributed by atoms with Gasteiger partial charge in [-0.25, -0.2) is 13.6 Å². The quantitative estimate of drug-likeness (QED) is 0.605. The zero-order valence-electron chi connectivity index (χ0n) is 6.54. The molecule has 0 aliphatic carbocycles. The number of primary sulfonamides is 1. The molecular formula is C6H13NO3S. The second kappa shape index (κ2) is 4.46. The number of hydrogen-bond donors (Lipinski definition) is 1. The summed E-state index contributed by atoms with van der Waals surface area (Å²) in [6.45, 7) is 1.48. The van der Waals surface area contributed by atoms with Gasteiger partial charge in [0.2, 0.25) is 10.0 Å². The summed E-state index contributed by atoms with van der Waals surface area (Å²) in [6, 6.07) is 0. The van der Waals surface area contributed by atoms with E-state index in [-0.39, 0.29) is 11.5 Å². The molecule has 0 aromatic heterocycles. The molecule has 0 saturated heterocycles. The van der Waals surface area contributed by atoms with Crippen LogP contribution in [0.15, 0.2) is 0 Å². The van der Waals surface area contributed by atoms with Crippen molar-refractivity contribution in [3.05, 3.63) is 0 Å². The normalized spacial score (nSPS) is 11.5. The third kappa shape index (κ3) is 9.58. The van der Waals surface area contributed by atoms with Crippen molar-refractivity contribution in [1.82, 2.24) is 0 Å². The second-order valence-corrected chi connectivity index (χ2v) is 4.26. The summed E-state index contributed by atoms with van der Waals surface area (Å²) in [5.41, 5.74) is 0. The second-order valence-electron chi connectivity index (χ2n) is 2.53. The molecule has 0 saturated carbocycles. The first-order valence-corrected chi connectivity index (χ1v) is 5.13. The number of carbonyl (C=O) groups is 1. The fourth-order valence-electron chi connectivity index (χ4n) is 0.677. The Hall–Kier alpha value is -0.420. The first kappa shape index (κ1) is 10.6. The molecule has 2 N–H and O–H groups in total. The highest BCUT2D eigenvalue weighted by atomic mass is 32.2. The molecule has 4 nitrogen and oxygen atoms in total. The molecule has 0 spiro atoms. The molecule has 0 radical (unpaired) electrons. The van der Waals surface area contributed by atoms with Gasteiger partial charge >= 0.3 is 0 Å². The Kier molecular flexibility index (Phi) is 4.29. The van der Waals surface area contributed by atoms with Crippen LogP contribution in [0.3, 0.4) is 0 Å². The van der Waals surface area contributed by atoms with E-state index in [4.69, 9.17) is 5.14 Å². The lowest BCUT2D eigenvalue weighted by molar-refractivity contribution is -0.117. The van der Waals surface area contributed by atoms with Crippen molar-refractivity contribution in [3.8, 4) is 0 Å². The Balaban J connectivity index is 3.37. The van der Waals surface area contributed by atoms with Gasteiger partial charge in [0.15, 0.2) is 0 Å². The minimum atomic E-state index is -3.33. The van der Waals surface area contributed by atoms with E-state index in [0.717, 1.165) is 0 Å². The minimum absolute atomic E-state index is 0.0275. The van der Waals surface area contributed by atoms with E-state index in [1.807, 2.05) is 0 Å². The van der Waals surface area contributed by atoms with Gasteiger partial charge in [-0.15, -0.1) is 0 Å². The molecule has 0 heterocycles. The average Bonchev–Trinajstić information content (AvgIpc) is 1.78. The van der Waals surface area contributed by atoms with Gasteiger partial charge in [0.1, 0.15) is 5.78 Å².